The highest BCUT2D eigenvalue weighted by Gasteiger charge is 2.33. The predicted octanol–water partition coefficient (Wildman–Crippen LogP) is 2.27. The lowest BCUT2D eigenvalue weighted by Gasteiger charge is -2.28. The number of nitrogens with one attached hydrogen (secondary N) is 2. The SMILES string of the molecule is COCCOC(=O)C1=C(C)NC(=O)N[C@@H]1c1ccccc1Br. The number of carbonyl (C=O) groups excluding carboxylic acids is 2. The molecule has 2 rings (SSSR count). The van der Waals surface area contributed by atoms with Crippen LogP contribution < -0.4 is 10.6 Å². The van der Waals surface area contributed by atoms with E-state index in [1.165, 1.54) is 7.11 Å². The molecule has 0 saturated heterocycles. The fraction of sp³-hybridized carbons (Fsp3) is 0.333. The van der Waals surface area contributed by atoms with E-state index in [2.05, 4.69) is 26.6 Å². The van der Waals surface area contributed by atoms with E-state index in [9.17, 15) is 9.59 Å². The van der Waals surface area contributed by atoms with Crippen molar-refractivity contribution in [2.24, 2.45) is 0 Å². The van der Waals surface area contributed by atoms with Crippen LogP contribution in [0.25, 0.3) is 0 Å². The lowest BCUT2D eigenvalue weighted by Crippen LogP contribution is -2.45. The van der Waals surface area contributed by atoms with Gasteiger partial charge in [-0.2, -0.15) is 0 Å². The monoisotopic (exact) mass is 368 g/mol. The summed E-state index contributed by atoms with van der Waals surface area (Å²) in [6.07, 6.45) is 0. The summed E-state index contributed by atoms with van der Waals surface area (Å²) in [7, 11) is 1.53. The summed E-state index contributed by atoms with van der Waals surface area (Å²) in [6, 6.07) is 6.48. The number of carbonyl (C=O) groups is 2. The number of halogens is 1. The molecule has 7 heteroatoms. The first-order valence-corrected chi connectivity index (χ1v) is 7.52. The van der Waals surface area contributed by atoms with Crippen LogP contribution in [0.15, 0.2) is 40.0 Å². The topological polar surface area (TPSA) is 76.7 Å². The Kier molecular flexibility index (Phi) is 5.57. The number of urea groups is 1. The van der Waals surface area contributed by atoms with Crippen molar-refractivity contribution in [2.45, 2.75) is 13.0 Å². The standard InChI is InChI=1S/C15H17BrN2O4/c1-9-12(14(19)22-8-7-21-2)13(18-15(20)17-9)10-5-3-4-6-11(10)16/h3-6,13H,7-8H2,1-2H3,(H2,17,18,20)/t13-/m1/s1. The Hall–Kier alpha value is -1.86. The Labute approximate surface area is 137 Å². The molecule has 2 N–H and O–H groups in total. The fourth-order valence-electron chi connectivity index (χ4n) is 2.20. The highest BCUT2D eigenvalue weighted by molar-refractivity contribution is 9.10. The van der Waals surface area contributed by atoms with Gasteiger partial charge in [-0.1, -0.05) is 34.1 Å². The largest absolute Gasteiger partial charge is 0.460 e. The lowest BCUT2D eigenvalue weighted by atomic mass is 9.95. The summed E-state index contributed by atoms with van der Waals surface area (Å²) in [6.45, 7) is 2.15. The molecule has 1 aromatic carbocycles. The molecule has 1 aromatic rings. The van der Waals surface area contributed by atoms with Crippen LogP contribution in [0, 0.1) is 0 Å². The van der Waals surface area contributed by atoms with Crippen LogP contribution in [-0.4, -0.2) is 32.3 Å². The minimum absolute atomic E-state index is 0.155. The van der Waals surface area contributed by atoms with Gasteiger partial charge in [0.2, 0.25) is 0 Å². The molecule has 1 atom stereocenters. The average molecular weight is 369 g/mol. The van der Waals surface area contributed by atoms with E-state index in [0.29, 0.717) is 17.9 Å². The van der Waals surface area contributed by atoms with Gasteiger partial charge < -0.3 is 20.1 Å². The molecule has 22 heavy (non-hydrogen) atoms. The maximum atomic E-state index is 12.3. The summed E-state index contributed by atoms with van der Waals surface area (Å²) in [5.74, 6) is -0.484. The molecular weight excluding hydrogens is 352 g/mol. The number of benzene rings is 1. The van der Waals surface area contributed by atoms with Gasteiger partial charge in [0.25, 0.3) is 0 Å². The van der Waals surface area contributed by atoms with Crippen molar-refractivity contribution >= 4 is 27.9 Å². The van der Waals surface area contributed by atoms with E-state index in [1.807, 2.05) is 24.3 Å². The third-order valence-corrected chi connectivity index (χ3v) is 3.95. The third-order valence-electron chi connectivity index (χ3n) is 3.23. The van der Waals surface area contributed by atoms with Gasteiger partial charge in [-0.15, -0.1) is 0 Å². The summed E-state index contributed by atoms with van der Waals surface area (Å²) >= 11 is 3.45. The number of esters is 1. The average Bonchev–Trinajstić information content (AvgIpc) is 2.47. The second-order valence-electron chi connectivity index (χ2n) is 4.72. The van der Waals surface area contributed by atoms with Crippen molar-refractivity contribution in [2.75, 3.05) is 20.3 Å². The molecule has 0 bridgehead atoms. The second-order valence-corrected chi connectivity index (χ2v) is 5.57. The van der Waals surface area contributed by atoms with Gasteiger partial charge in [0.1, 0.15) is 6.61 Å². The first-order chi connectivity index (χ1) is 10.5. The lowest BCUT2D eigenvalue weighted by molar-refractivity contribution is -0.140. The van der Waals surface area contributed by atoms with E-state index in [-0.39, 0.29) is 12.6 Å². The third kappa shape index (κ3) is 3.66. The van der Waals surface area contributed by atoms with Crippen LogP contribution in [0.2, 0.25) is 0 Å². The van der Waals surface area contributed by atoms with Crippen molar-refractivity contribution in [1.29, 1.82) is 0 Å². The van der Waals surface area contributed by atoms with E-state index in [4.69, 9.17) is 9.47 Å². The van der Waals surface area contributed by atoms with Gasteiger partial charge in [-0.25, -0.2) is 9.59 Å². The van der Waals surface area contributed by atoms with Crippen molar-refractivity contribution in [1.82, 2.24) is 10.6 Å². The minimum Gasteiger partial charge on any atom is -0.460 e. The molecule has 6 nitrogen and oxygen atoms in total. The summed E-state index contributed by atoms with van der Waals surface area (Å²) in [4.78, 5) is 24.1. The number of rotatable bonds is 5. The highest BCUT2D eigenvalue weighted by atomic mass is 79.9. The maximum Gasteiger partial charge on any atom is 0.338 e. The molecule has 1 heterocycles. The summed E-state index contributed by atoms with van der Waals surface area (Å²) < 4.78 is 10.9. The first kappa shape index (κ1) is 16.5. The van der Waals surface area contributed by atoms with Gasteiger partial charge in [-0.3, -0.25) is 0 Å². The number of amides is 2. The molecule has 0 spiro atoms. The predicted molar refractivity (Wildman–Crippen MR) is 84.1 cm³/mol. The quantitative estimate of drug-likeness (QED) is 0.617. The normalized spacial score (nSPS) is 17.8. The first-order valence-electron chi connectivity index (χ1n) is 6.73. The number of hydrogen-bond acceptors (Lipinski definition) is 4. The number of hydrogen-bond donors (Lipinski definition) is 2. The molecule has 1 aliphatic rings. The molecule has 0 saturated carbocycles. The van der Waals surface area contributed by atoms with Crippen LogP contribution >= 0.6 is 15.9 Å². The molecular formula is C15H17BrN2O4. The van der Waals surface area contributed by atoms with Gasteiger partial charge in [0.05, 0.1) is 18.2 Å². The zero-order valence-electron chi connectivity index (χ0n) is 12.3. The maximum absolute atomic E-state index is 12.3. The van der Waals surface area contributed by atoms with Gasteiger partial charge in [0, 0.05) is 17.3 Å². The van der Waals surface area contributed by atoms with E-state index < -0.39 is 12.0 Å². The molecule has 1 aliphatic heterocycles. The van der Waals surface area contributed by atoms with E-state index >= 15 is 0 Å². The van der Waals surface area contributed by atoms with Crippen LogP contribution in [0.4, 0.5) is 4.79 Å². The van der Waals surface area contributed by atoms with Crippen molar-refractivity contribution < 1.29 is 19.1 Å². The molecule has 2 amide bonds. The van der Waals surface area contributed by atoms with Crippen molar-refractivity contribution in [3.63, 3.8) is 0 Å². The Morgan fingerprint density at radius 2 is 2.05 bits per heavy atom. The molecule has 118 valence electrons. The van der Waals surface area contributed by atoms with Crippen LogP contribution in [0.1, 0.15) is 18.5 Å². The number of methoxy groups -OCH3 is 1. The Morgan fingerprint density at radius 3 is 2.73 bits per heavy atom. The van der Waals surface area contributed by atoms with Gasteiger partial charge in [-0.05, 0) is 18.6 Å². The van der Waals surface area contributed by atoms with E-state index in [1.54, 1.807) is 6.92 Å². The van der Waals surface area contributed by atoms with Crippen LogP contribution in [0.3, 0.4) is 0 Å². The van der Waals surface area contributed by atoms with Crippen LogP contribution in [-0.2, 0) is 14.3 Å². The molecule has 0 fully saturated rings. The Balaban J connectivity index is 2.33. The Morgan fingerprint density at radius 1 is 1.32 bits per heavy atom. The molecule has 0 aromatic heterocycles. The zero-order valence-corrected chi connectivity index (χ0v) is 13.9. The molecule has 0 unspecified atom stereocenters. The van der Waals surface area contributed by atoms with Crippen molar-refractivity contribution in [3.05, 3.63) is 45.6 Å². The summed E-state index contributed by atoms with van der Waals surface area (Å²) in [5, 5.41) is 5.36. The van der Waals surface area contributed by atoms with Gasteiger partial charge >= 0.3 is 12.0 Å². The zero-order chi connectivity index (χ0) is 16.1. The smallest absolute Gasteiger partial charge is 0.338 e. The van der Waals surface area contributed by atoms with Gasteiger partial charge in [0.15, 0.2) is 0 Å². The van der Waals surface area contributed by atoms with E-state index in [0.717, 1.165) is 10.0 Å². The molecule has 0 aliphatic carbocycles. The molecule has 0 radical (unpaired) electrons. The highest BCUT2D eigenvalue weighted by Crippen LogP contribution is 2.32. The number of ether oxygens (including phenoxy) is 2. The van der Waals surface area contributed by atoms with Crippen LogP contribution in [0.5, 0.6) is 0 Å². The minimum atomic E-state index is -0.570. The van der Waals surface area contributed by atoms with Crippen molar-refractivity contribution in [3.8, 4) is 0 Å². The number of allylic oxidation sites excluding steroid dienone is 1. The summed E-state index contributed by atoms with van der Waals surface area (Å²) in [5.41, 5.74) is 1.64. The second kappa shape index (κ2) is 7.42. The Bertz CT molecular complexity index is 615. The fourth-order valence-corrected chi connectivity index (χ4v) is 2.72.